The Kier molecular flexibility index (Phi) is 9.08. The minimum Gasteiger partial charge on any atom is -0.497 e. The Morgan fingerprint density at radius 2 is 1.71 bits per heavy atom. The molecule has 2 N–H and O–H groups in total. The van der Waals surface area contributed by atoms with Gasteiger partial charge in [-0.3, -0.25) is 4.79 Å². The van der Waals surface area contributed by atoms with Crippen LogP contribution in [0.4, 0.5) is 5.69 Å². The highest BCUT2D eigenvalue weighted by Gasteiger charge is 2.32. The third-order valence-corrected chi connectivity index (χ3v) is 8.38. The van der Waals surface area contributed by atoms with Crippen molar-refractivity contribution in [2.75, 3.05) is 32.1 Å². The zero-order chi connectivity index (χ0) is 24.7. The minimum atomic E-state index is 0.0724. The number of carbonyl (C=O) groups excluding carboxylic acids is 1. The molecule has 35 heavy (non-hydrogen) atoms. The van der Waals surface area contributed by atoms with Crippen LogP contribution in [0.25, 0.3) is 0 Å². The Morgan fingerprint density at radius 3 is 2.34 bits per heavy atom. The van der Waals surface area contributed by atoms with E-state index < -0.39 is 0 Å². The molecule has 2 aromatic carbocycles. The van der Waals surface area contributed by atoms with Crippen molar-refractivity contribution in [2.24, 2.45) is 5.92 Å². The molecular formula is C29H42N3O2P. The van der Waals surface area contributed by atoms with Crippen LogP contribution in [0, 0.1) is 5.92 Å². The smallest absolute Gasteiger partial charge is 0.223 e. The van der Waals surface area contributed by atoms with Gasteiger partial charge in [-0.15, -0.1) is 9.24 Å². The first-order valence-electron chi connectivity index (χ1n) is 13.2. The van der Waals surface area contributed by atoms with Gasteiger partial charge in [0.25, 0.3) is 0 Å². The van der Waals surface area contributed by atoms with E-state index in [1.54, 1.807) is 7.11 Å². The standard InChI is InChI=1S/C29H42N3O2P/c1-29(35)17-12-23(13-18-29)28(33)31-27(22-6-4-3-5-7-22)16-21-32-19-14-25(15-20-32)30-24-8-10-26(34-2)11-9-24/h3-11,23,25,27,30H,12-21,35H2,1-2H3,(H,31,33). The Hall–Kier alpha value is -2.10. The lowest BCUT2D eigenvalue weighted by atomic mass is 9.81. The molecule has 1 aliphatic carbocycles. The lowest BCUT2D eigenvalue weighted by Crippen LogP contribution is -2.42. The zero-order valence-corrected chi connectivity index (χ0v) is 22.5. The van der Waals surface area contributed by atoms with Gasteiger partial charge in [-0.1, -0.05) is 37.3 Å². The number of piperidine rings is 1. The summed E-state index contributed by atoms with van der Waals surface area (Å²) in [4.78, 5) is 15.7. The number of rotatable bonds is 9. The summed E-state index contributed by atoms with van der Waals surface area (Å²) in [6.07, 6.45) is 7.38. The number of ether oxygens (including phenoxy) is 1. The van der Waals surface area contributed by atoms with Crippen LogP contribution in [-0.2, 0) is 4.79 Å². The number of nitrogens with zero attached hydrogens (tertiary/aromatic N) is 1. The number of amides is 1. The molecule has 0 aromatic heterocycles. The van der Waals surface area contributed by atoms with Gasteiger partial charge in [0.2, 0.25) is 5.91 Å². The minimum absolute atomic E-state index is 0.0724. The molecule has 5 nitrogen and oxygen atoms in total. The van der Waals surface area contributed by atoms with Crippen molar-refractivity contribution in [2.45, 2.75) is 69.1 Å². The molecule has 2 aliphatic rings. The Morgan fingerprint density at radius 1 is 1.06 bits per heavy atom. The SMILES string of the molecule is COc1ccc(NC2CCN(CCC(NC(=O)C3CCC(C)(P)CC3)c3ccccc3)CC2)cc1. The van der Waals surface area contributed by atoms with Gasteiger partial charge in [0.15, 0.2) is 0 Å². The molecule has 4 rings (SSSR count). The summed E-state index contributed by atoms with van der Waals surface area (Å²) >= 11 is 0. The molecule has 2 fully saturated rings. The summed E-state index contributed by atoms with van der Waals surface area (Å²) in [6.45, 7) is 5.45. The van der Waals surface area contributed by atoms with E-state index in [1.165, 1.54) is 5.56 Å². The molecule has 2 atom stereocenters. The molecule has 0 spiro atoms. The number of hydrogen-bond acceptors (Lipinski definition) is 4. The quantitative estimate of drug-likeness (QED) is 0.442. The number of nitrogens with one attached hydrogen (secondary N) is 2. The lowest BCUT2D eigenvalue weighted by Gasteiger charge is -2.35. The molecule has 190 valence electrons. The third-order valence-electron chi connectivity index (χ3n) is 7.80. The summed E-state index contributed by atoms with van der Waals surface area (Å²) in [5, 5.41) is 7.39. The lowest BCUT2D eigenvalue weighted by molar-refractivity contribution is -0.126. The maximum atomic E-state index is 13.2. The summed E-state index contributed by atoms with van der Waals surface area (Å²) in [7, 11) is 4.68. The van der Waals surface area contributed by atoms with Crippen molar-refractivity contribution in [1.29, 1.82) is 0 Å². The van der Waals surface area contributed by atoms with Crippen LogP contribution >= 0.6 is 9.24 Å². The molecule has 1 amide bonds. The summed E-state index contributed by atoms with van der Waals surface area (Å²) < 4.78 is 5.26. The molecule has 0 bridgehead atoms. The fourth-order valence-electron chi connectivity index (χ4n) is 5.37. The van der Waals surface area contributed by atoms with E-state index in [4.69, 9.17) is 4.74 Å². The average Bonchev–Trinajstić information content (AvgIpc) is 2.88. The zero-order valence-electron chi connectivity index (χ0n) is 21.3. The first-order chi connectivity index (χ1) is 16.9. The van der Waals surface area contributed by atoms with Gasteiger partial charge in [0.05, 0.1) is 13.2 Å². The number of methoxy groups -OCH3 is 1. The van der Waals surface area contributed by atoms with Crippen molar-refractivity contribution in [1.82, 2.24) is 10.2 Å². The Balaban J connectivity index is 1.27. The van der Waals surface area contributed by atoms with Crippen molar-refractivity contribution < 1.29 is 9.53 Å². The van der Waals surface area contributed by atoms with Crippen LogP contribution in [0.15, 0.2) is 54.6 Å². The summed E-state index contributed by atoms with van der Waals surface area (Å²) in [6, 6.07) is 19.2. The van der Waals surface area contributed by atoms with Crippen LogP contribution in [0.5, 0.6) is 5.75 Å². The van der Waals surface area contributed by atoms with Crippen LogP contribution in [-0.4, -0.2) is 48.7 Å². The molecule has 1 saturated carbocycles. The highest BCUT2D eigenvalue weighted by Crippen LogP contribution is 2.38. The average molecular weight is 496 g/mol. The van der Waals surface area contributed by atoms with Gasteiger partial charge < -0.3 is 20.3 Å². The van der Waals surface area contributed by atoms with Crippen molar-refractivity contribution in [3.8, 4) is 5.75 Å². The molecule has 2 aromatic rings. The highest BCUT2D eigenvalue weighted by molar-refractivity contribution is 7.18. The van der Waals surface area contributed by atoms with Gasteiger partial charge in [-0.2, -0.15) is 0 Å². The second-order valence-corrected chi connectivity index (χ2v) is 12.1. The second-order valence-electron chi connectivity index (χ2n) is 10.7. The molecular weight excluding hydrogens is 453 g/mol. The normalized spacial score (nSPS) is 24.5. The van der Waals surface area contributed by atoms with Crippen molar-refractivity contribution >= 4 is 20.8 Å². The number of benzene rings is 2. The third kappa shape index (κ3) is 7.69. The summed E-state index contributed by atoms with van der Waals surface area (Å²) in [5.74, 6) is 1.27. The Labute approximate surface area is 213 Å². The summed E-state index contributed by atoms with van der Waals surface area (Å²) in [5.41, 5.74) is 2.37. The van der Waals surface area contributed by atoms with Crippen molar-refractivity contribution in [3.63, 3.8) is 0 Å². The predicted octanol–water partition coefficient (Wildman–Crippen LogP) is 5.64. The van der Waals surface area contributed by atoms with Gasteiger partial charge >= 0.3 is 0 Å². The van der Waals surface area contributed by atoms with E-state index in [9.17, 15) is 4.79 Å². The first-order valence-corrected chi connectivity index (χ1v) is 13.8. The van der Waals surface area contributed by atoms with Crippen LogP contribution in [0.3, 0.4) is 0 Å². The fraction of sp³-hybridized carbons (Fsp3) is 0.552. The van der Waals surface area contributed by atoms with E-state index in [2.05, 4.69) is 68.1 Å². The molecule has 0 radical (unpaired) electrons. The van der Waals surface area contributed by atoms with E-state index in [-0.39, 0.29) is 17.9 Å². The Bertz CT molecular complexity index is 917. The van der Waals surface area contributed by atoms with Crippen LogP contribution in [0.1, 0.15) is 63.5 Å². The van der Waals surface area contributed by atoms with E-state index in [1.807, 2.05) is 18.2 Å². The molecule has 1 heterocycles. The van der Waals surface area contributed by atoms with E-state index >= 15 is 0 Å². The number of hydrogen-bond donors (Lipinski definition) is 2. The largest absolute Gasteiger partial charge is 0.497 e. The van der Waals surface area contributed by atoms with Crippen molar-refractivity contribution in [3.05, 3.63) is 60.2 Å². The second kappa shape index (κ2) is 12.2. The molecule has 6 heteroatoms. The van der Waals surface area contributed by atoms with Gasteiger partial charge in [0.1, 0.15) is 5.75 Å². The van der Waals surface area contributed by atoms with Gasteiger partial charge in [-0.05, 0) is 79.9 Å². The molecule has 2 unspecified atom stereocenters. The highest BCUT2D eigenvalue weighted by atomic mass is 31.0. The number of carbonyl (C=O) groups is 1. The maximum absolute atomic E-state index is 13.2. The first kappa shape index (κ1) is 26.0. The van der Waals surface area contributed by atoms with Gasteiger partial charge in [0, 0.05) is 37.3 Å². The van der Waals surface area contributed by atoms with Crippen LogP contribution in [0.2, 0.25) is 0 Å². The monoisotopic (exact) mass is 495 g/mol. The molecule has 1 saturated heterocycles. The maximum Gasteiger partial charge on any atom is 0.223 e. The number of likely N-dealkylation sites (tertiary alicyclic amines) is 1. The fourth-order valence-corrected chi connectivity index (χ4v) is 5.71. The van der Waals surface area contributed by atoms with E-state index in [0.29, 0.717) is 11.2 Å². The van der Waals surface area contributed by atoms with Gasteiger partial charge in [-0.25, -0.2) is 0 Å². The topological polar surface area (TPSA) is 53.6 Å². The molecule has 1 aliphatic heterocycles. The van der Waals surface area contributed by atoms with Crippen LogP contribution < -0.4 is 15.4 Å². The number of anilines is 1. The predicted molar refractivity (Wildman–Crippen MR) is 148 cm³/mol. The van der Waals surface area contributed by atoms with E-state index in [0.717, 1.165) is 76.0 Å².